The van der Waals surface area contributed by atoms with Gasteiger partial charge in [-0.3, -0.25) is 0 Å². The Morgan fingerprint density at radius 1 is 1.38 bits per heavy atom. The molecule has 1 aromatic rings. The molecule has 1 aromatic heterocycles. The highest BCUT2D eigenvalue weighted by atomic mass is 16.4. The Morgan fingerprint density at radius 2 is 2.19 bits per heavy atom. The van der Waals surface area contributed by atoms with E-state index in [1.54, 1.807) is 6.26 Å². The van der Waals surface area contributed by atoms with Crippen molar-refractivity contribution in [3.63, 3.8) is 0 Å². The minimum absolute atomic E-state index is 0.715. The first-order valence-electron chi connectivity index (χ1n) is 6.38. The summed E-state index contributed by atoms with van der Waals surface area (Å²) in [4.78, 5) is 0. The summed E-state index contributed by atoms with van der Waals surface area (Å²) in [5, 5.41) is 10.6. The molecule has 2 atom stereocenters. The zero-order chi connectivity index (χ0) is 11.6. The van der Waals surface area contributed by atoms with Gasteiger partial charge in [0.2, 0.25) is 0 Å². The first-order chi connectivity index (χ1) is 7.62. The monoisotopic (exact) mass is 222 g/mol. The van der Waals surface area contributed by atoms with Crippen molar-refractivity contribution in [1.82, 2.24) is 0 Å². The van der Waals surface area contributed by atoms with Crippen LogP contribution in [0.5, 0.6) is 0 Å². The number of rotatable bonds is 2. The van der Waals surface area contributed by atoms with E-state index < -0.39 is 5.60 Å². The molecule has 1 heterocycles. The van der Waals surface area contributed by atoms with Crippen molar-refractivity contribution in [1.29, 1.82) is 0 Å². The summed E-state index contributed by atoms with van der Waals surface area (Å²) in [6, 6.07) is 3.76. The van der Waals surface area contributed by atoms with Crippen LogP contribution in [0.1, 0.15) is 51.7 Å². The molecule has 90 valence electrons. The van der Waals surface area contributed by atoms with Crippen LogP contribution in [0.25, 0.3) is 0 Å². The highest BCUT2D eigenvalue weighted by Crippen LogP contribution is 2.39. The molecular weight excluding hydrogens is 200 g/mol. The summed E-state index contributed by atoms with van der Waals surface area (Å²) >= 11 is 0. The van der Waals surface area contributed by atoms with Gasteiger partial charge in [-0.15, -0.1) is 0 Å². The fourth-order valence-corrected chi connectivity index (χ4v) is 2.81. The second-order valence-corrected chi connectivity index (χ2v) is 5.44. The van der Waals surface area contributed by atoms with Crippen molar-refractivity contribution in [3.05, 3.63) is 24.2 Å². The average molecular weight is 222 g/mol. The van der Waals surface area contributed by atoms with Crippen molar-refractivity contribution >= 4 is 0 Å². The summed E-state index contributed by atoms with van der Waals surface area (Å²) in [7, 11) is 0. The van der Waals surface area contributed by atoms with Gasteiger partial charge < -0.3 is 9.52 Å². The Hall–Kier alpha value is -0.760. The third-order valence-electron chi connectivity index (χ3n) is 4.02. The summed E-state index contributed by atoms with van der Waals surface area (Å²) in [5.74, 6) is 2.22. The number of aliphatic hydroxyl groups is 1. The Labute approximate surface area is 97.7 Å². The molecule has 0 amide bonds. The first kappa shape index (κ1) is 11.7. The first-order valence-corrected chi connectivity index (χ1v) is 6.38. The summed E-state index contributed by atoms with van der Waals surface area (Å²) in [5.41, 5.74) is -0.715. The molecular formula is C14H22O2. The molecule has 0 aliphatic heterocycles. The maximum absolute atomic E-state index is 10.6. The van der Waals surface area contributed by atoms with Crippen LogP contribution >= 0.6 is 0 Å². The second kappa shape index (κ2) is 4.62. The van der Waals surface area contributed by atoms with Crippen LogP contribution in [0.15, 0.2) is 22.8 Å². The Morgan fingerprint density at radius 3 is 2.81 bits per heavy atom. The van der Waals surface area contributed by atoms with Gasteiger partial charge in [0.05, 0.1) is 6.26 Å². The molecule has 0 spiro atoms. The maximum atomic E-state index is 10.6. The van der Waals surface area contributed by atoms with Crippen molar-refractivity contribution < 1.29 is 9.52 Å². The minimum Gasteiger partial charge on any atom is -0.466 e. The highest BCUT2D eigenvalue weighted by Gasteiger charge is 2.35. The van der Waals surface area contributed by atoms with E-state index in [-0.39, 0.29) is 0 Å². The number of hydrogen-bond acceptors (Lipinski definition) is 2. The molecule has 2 nitrogen and oxygen atoms in total. The van der Waals surface area contributed by atoms with E-state index in [4.69, 9.17) is 4.42 Å². The predicted molar refractivity (Wildman–Crippen MR) is 64.0 cm³/mol. The molecule has 1 N–H and O–H groups in total. The van der Waals surface area contributed by atoms with E-state index >= 15 is 0 Å². The molecule has 1 aliphatic carbocycles. The highest BCUT2D eigenvalue weighted by molar-refractivity contribution is 5.09. The number of furan rings is 1. The van der Waals surface area contributed by atoms with Crippen molar-refractivity contribution in [3.8, 4) is 0 Å². The van der Waals surface area contributed by atoms with E-state index in [9.17, 15) is 5.11 Å². The van der Waals surface area contributed by atoms with E-state index in [1.807, 2.05) is 12.1 Å². The van der Waals surface area contributed by atoms with Gasteiger partial charge in [0.1, 0.15) is 11.4 Å². The molecule has 2 heteroatoms. The van der Waals surface area contributed by atoms with Crippen LogP contribution in [0.4, 0.5) is 0 Å². The van der Waals surface area contributed by atoms with Crippen LogP contribution in [0.3, 0.4) is 0 Å². The van der Waals surface area contributed by atoms with Crippen molar-refractivity contribution in [2.24, 2.45) is 11.8 Å². The van der Waals surface area contributed by atoms with Crippen LogP contribution < -0.4 is 0 Å². The van der Waals surface area contributed by atoms with Gasteiger partial charge in [-0.2, -0.15) is 0 Å². The molecule has 1 fully saturated rings. The normalized spacial score (nSPS) is 31.6. The van der Waals surface area contributed by atoms with Gasteiger partial charge in [0.25, 0.3) is 0 Å². The number of hydrogen-bond donors (Lipinski definition) is 1. The maximum Gasteiger partial charge on any atom is 0.135 e. The standard InChI is InChI=1S/C14H22O2/c1-11(2)12-5-3-8-14(15,9-7-12)13-6-4-10-16-13/h4,6,10-12,15H,3,5,7-9H2,1-2H3. The molecule has 0 saturated heterocycles. The molecule has 0 aromatic carbocycles. The van der Waals surface area contributed by atoms with E-state index in [0.717, 1.165) is 43.3 Å². The van der Waals surface area contributed by atoms with Crippen LogP contribution in [-0.2, 0) is 5.60 Å². The van der Waals surface area contributed by atoms with Gasteiger partial charge in [0.15, 0.2) is 0 Å². The quantitative estimate of drug-likeness (QED) is 0.774. The smallest absolute Gasteiger partial charge is 0.135 e. The average Bonchev–Trinajstić information content (AvgIpc) is 2.70. The molecule has 2 unspecified atom stereocenters. The Balaban J connectivity index is 2.08. The predicted octanol–water partition coefficient (Wildman–Crippen LogP) is 3.70. The zero-order valence-electron chi connectivity index (χ0n) is 10.3. The van der Waals surface area contributed by atoms with E-state index in [1.165, 1.54) is 6.42 Å². The third-order valence-corrected chi connectivity index (χ3v) is 4.02. The SMILES string of the molecule is CC(C)C1CCCC(O)(c2ccco2)CC1. The van der Waals surface area contributed by atoms with Gasteiger partial charge in [-0.1, -0.05) is 20.3 Å². The van der Waals surface area contributed by atoms with Gasteiger partial charge >= 0.3 is 0 Å². The van der Waals surface area contributed by atoms with E-state index in [2.05, 4.69) is 13.8 Å². The molecule has 16 heavy (non-hydrogen) atoms. The summed E-state index contributed by atoms with van der Waals surface area (Å²) in [6.45, 7) is 4.56. The molecule has 1 saturated carbocycles. The van der Waals surface area contributed by atoms with Crippen LogP contribution in [-0.4, -0.2) is 5.11 Å². The van der Waals surface area contributed by atoms with E-state index in [0.29, 0.717) is 0 Å². The molecule has 2 rings (SSSR count). The lowest BCUT2D eigenvalue weighted by atomic mass is 9.87. The zero-order valence-corrected chi connectivity index (χ0v) is 10.3. The lowest BCUT2D eigenvalue weighted by Gasteiger charge is -2.24. The Bertz CT molecular complexity index is 315. The van der Waals surface area contributed by atoms with Crippen LogP contribution in [0.2, 0.25) is 0 Å². The van der Waals surface area contributed by atoms with Crippen molar-refractivity contribution in [2.45, 2.75) is 51.6 Å². The van der Waals surface area contributed by atoms with Crippen LogP contribution in [0, 0.1) is 11.8 Å². The minimum atomic E-state index is -0.715. The molecule has 1 aliphatic rings. The van der Waals surface area contributed by atoms with Gasteiger partial charge in [0, 0.05) is 0 Å². The second-order valence-electron chi connectivity index (χ2n) is 5.44. The molecule has 0 bridgehead atoms. The topological polar surface area (TPSA) is 33.4 Å². The summed E-state index contributed by atoms with van der Waals surface area (Å²) in [6.07, 6.45) is 6.76. The fourth-order valence-electron chi connectivity index (χ4n) is 2.81. The lowest BCUT2D eigenvalue weighted by molar-refractivity contribution is -0.00162. The largest absolute Gasteiger partial charge is 0.466 e. The van der Waals surface area contributed by atoms with Gasteiger partial charge in [-0.05, 0) is 49.7 Å². The fraction of sp³-hybridized carbons (Fsp3) is 0.714. The Kier molecular flexibility index (Phi) is 3.38. The van der Waals surface area contributed by atoms with Crippen molar-refractivity contribution in [2.75, 3.05) is 0 Å². The lowest BCUT2D eigenvalue weighted by Crippen LogP contribution is -2.24. The summed E-state index contributed by atoms with van der Waals surface area (Å²) < 4.78 is 5.38. The van der Waals surface area contributed by atoms with Gasteiger partial charge in [-0.25, -0.2) is 0 Å². The third kappa shape index (κ3) is 2.32. The molecule has 0 radical (unpaired) electrons.